The van der Waals surface area contributed by atoms with Crippen molar-refractivity contribution in [3.63, 3.8) is 0 Å². The second-order valence-corrected chi connectivity index (χ2v) is 3.75. The Hall–Kier alpha value is -2.31. The van der Waals surface area contributed by atoms with Crippen LogP contribution in [0.25, 0.3) is 0 Å². The molecule has 2 rings (SSSR count). The lowest BCUT2D eigenvalue weighted by Gasteiger charge is -2.08. The predicted molar refractivity (Wildman–Crippen MR) is 62.2 cm³/mol. The highest BCUT2D eigenvalue weighted by Crippen LogP contribution is 2.27. The van der Waals surface area contributed by atoms with Crippen molar-refractivity contribution in [2.75, 3.05) is 5.73 Å². The SMILES string of the molecule is Nc1ccc(COc2nccc(C(F)(F)F)n2)cc1. The first kappa shape index (κ1) is 13.1. The first-order valence-corrected chi connectivity index (χ1v) is 5.32. The summed E-state index contributed by atoms with van der Waals surface area (Å²) in [5.41, 5.74) is 5.83. The fraction of sp³-hybridized carbons (Fsp3) is 0.167. The van der Waals surface area contributed by atoms with Crippen LogP contribution < -0.4 is 10.5 Å². The molecule has 2 N–H and O–H groups in total. The van der Waals surface area contributed by atoms with Crippen LogP contribution >= 0.6 is 0 Å². The lowest BCUT2D eigenvalue weighted by molar-refractivity contribution is -0.141. The Kier molecular flexibility index (Phi) is 3.55. The van der Waals surface area contributed by atoms with Crippen LogP contribution in [0, 0.1) is 0 Å². The molecule has 100 valence electrons. The molecule has 0 aliphatic rings. The molecule has 0 aliphatic carbocycles. The van der Waals surface area contributed by atoms with Crippen LogP contribution in [0.5, 0.6) is 6.01 Å². The zero-order valence-electron chi connectivity index (χ0n) is 9.69. The van der Waals surface area contributed by atoms with Crippen LogP contribution in [0.4, 0.5) is 18.9 Å². The number of alkyl halides is 3. The number of ether oxygens (including phenoxy) is 1. The van der Waals surface area contributed by atoms with Gasteiger partial charge in [-0.3, -0.25) is 0 Å². The molecule has 1 heterocycles. The molecule has 0 amide bonds. The third kappa shape index (κ3) is 3.57. The molecule has 0 unspecified atom stereocenters. The molecule has 0 fully saturated rings. The largest absolute Gasteiger partial charge is 0.459 e. The number of nitrogens with two attached hydrogens (primary N) is 1. The van der Waals surface area contributed by atoms with Gasteiger partial charge in [0, 0.05) is 11.9 Å². The van der Waals surface area contributed by atoms with Crippen molar-refractivity contribution in [2.45, 2.75) is 12.8 Å². The Bertz CT molecular complexity index is 555. The molecule has 0 atom stereocenters. The van der Waals surface area contributed by atoms with E-state index in [9.17, 15) is 13.2 Å². The quantitative estimate of drug-likeness (QED) is 0.870. The summed E-state index contributed by atoms with van der Waals surface area (Å²) in [4.78, 5) is 6.92. The molecule has 1 aromatic carbocycles. The second kappa shape index (κ2) is 5.13. The number of nitrogens with zero attached hydrogens (tertiary/aromatic N) is 2. The molecule has 0 aliphatic heterocycles. The number of aromatic nitrogens is 2. The zero-order chi connectivity index (χ0) is 13.9. The molecule has 4 nitrogen and oxygen atoms in total. The van der Waals surface area contributed by atoms with Gasteiger partial charge in [0.05, 0.1) is 0 Å². The van der Waals surface area contributed by atoms with Gasteiger partial charge in [0.15, 0.2) is 5.69 Å². The maximum atomic E-state index is 12.4. The average molecular weight is 269 g/mol. The first-order chi connectivity index (χ1) is 8.95. The second-order valence-electron chi connectivity index (χ2n) is 3.75. The lowest BCUT2D eigenvalue weighted by atomic mass is 10.2. The Labute approximate surface area is 107 Å². The van der Waals surface area contributed by atoms with E-state index in [1.54, 1.807) is 24.3 Å². The minimum Gasteiger partial charge on any atom is -0.459 e. The van der Waals surface area contributed by atoms with Gasteiger partial charge in [-0.1, -0.05) is 12.1 Å². The van der Waals surface area contributed by atoms with Gasteiger partial charge in [-0.2, -0.15) is 18.2 Å². The molecular weight excluding hydrogens is 259 g/mol. The average Bonchev–Trinajstić information content (AvgIpc) is 2.37. The maximum absolute atomic E-state index is 12.4. The maximum Gasteiger partial charge on any atom is 0.433 e. The van der Waals surface area contributed by atoms with E-state index in [-0.39, 0.29) is 12.6 Å². The van der Waals surface area contributed by atoms with E-state index < -0.39 is 11.9 Å². The highest BCUT2D eigenvalue weighted by Gasteiger charge is 2.32. The Morgan fingerprint density at radius 1 is 1.11 bits per heavy atom. The van der Waals surface area contributed by atoms with Gasteiger partial charge < -0.3 is 10.5 Å². The van der Waals surface area contributed by atoms with Crippen molar-refractivity contribution < 1.29 is 17.9 Å². The molecule has 0 radical (unpaired) electrons. The third-order valence-corrected chi connectivity index (χ3v) is 2.27. The molecule has 2 aromatic rings. The van der Waals surface area contributed by atoms with Gasteiger partial charge >= 0.3 is 12.2 Å². The topological polar surface area (TPSA) is 61.0 Å². The molecule has 19 heavy (non-hydrogen) atoms. The fourth-order valence-electron chi connectivity index (χ4n) is 1.33. The Morgan fingerprint density at radius 2 is 1.79 bits per heavy atom. The molecule has 0 bridgehead atoms. The smallest absolute Gasteiger partial charge is 0.433 e. The number of hydrogen-bond acceptors (Lipinski definition) is 4. The van der Waals surface area contributed by atoms with Gasteiger partial charge in [0.25, 0.3) is 0 Å². The molecule has 7 heteroatoms. The molecule has 0 saturated carbocycles. The van der Waals surface area contributed by atoms with E-state index in [0.29, 0.717) is 5.69 Å². The van der Waals surface area contributed by atoms with Crippen molar-refractivity contribution in [3.8, 4) is 6.01 Å². The van der Waals surface area contributed by atoms with Crippen molar-refractivity contribution in [1.82, 2.24) is 9.97 Å². The van der Waals surface area contributed by atoms with Crippen molar-refractivity contribution >= 4 is 5.69 Å². The summed E-state index contributed by atoms with van der Waals surface area (Å²) in [5, 5.41) is 0. The van der Waals surface area contributed by atoms with Gasteiger partial charge in [-0.25, -0.2) is 4.98 Å². The fourth-order valence-corrected chi connectivity index (χ4v) is 1.33. The van der Waals surface area contributed by atoms with Crippen LogP contribution in [0.3, 0.4) is 0 Å². The number of hydrogen-bond donors (Lipinski definition) is 1. The Balaban J connectivity index is 2.05. The normalized spacial score (nSPS) is 11.3. The standard InChI is InChI=1S/C12H10F3N3O/c13-12(14,15)10-5-6-17-11(18-10)19-7-8-1-3-9(16)4-2-8/h1-6H,7,16H2. The number of anilines is 1. The summed E-state index contributed by atoms with van der Waals surface area (Å²) in [6, 6.07) is 7.24. The summed E-state index contributed by atoms with van der Waals surface area (Å²) in [5.74, 6) is 0. The lowest BCUT2D eigenvalue weighted by Crippen LogP contribution is -2.10. The van der Waals surface area contributed by atoms with Crippen molar-refractivity contribution in [3.05, 3.63) is 47.8 Å². The minimum absolute atomic E-state index is 0.0710. The number of halogens is 3. The highest BCUT2D eigenvalue weighted by molar-refractivity contribution is 5.39. The van der Waals surface area contributed by atoms with Crippen LogP contribution in [-0.2, 0) is 12.8 Å². The van der Waals surface area contributed by atoms with E-state index in [1.165, 1.54) is 0 Å². The van der Waals surface area contributed by atoms with Crippen molar-refractivity contribution in [1.29, 1.82) is 0 Å². The van der Waals surface area contributed by atoms with Crippen LogP contribution in [-0.4, -0.2) is 9.97 Å². The van der Waals surface area contributed by atoms with E-state index in [4.69, 9.17) is 10.5 Å². The monoisotopic (exact) mass is 269 g/mol. The van der Waals surface area contributed by atoms with Gasteiger partial charge in [-0.15, -0.1) is 0 Å². The first-order valence-electron chi connectivity index (χ1n) is 5.32. The van der Waals surface area contributed by atoms with Gasteiger partial charge in [0.1, 0.15) is 6.61 Å². The summed E-state index contributed by atoms with van der Waals surface area (Å²) in [7, 11) is 0. The summed E-state index contributed by atoms with van der Waals surface area (Å²) >= 11 is 0. The van der Waals surface area contributed by atoms with Crippen molar-refractivity contribution in [2.24, 2.45) is 0 Å². The number of benzene rings is 1. The molecular formula is C12H10F3N3O. The van der Waals surface area contributed by atoms with Gasteiger partial charge in [0.2, 0.25) is 0 Å². The van der Waals surface area contributed by atoms with Crippen LogP contribution in [0.2, 0.25) is 0 Å². The van der Waals surface area contributed by atoms with E-state index >= 15 is 0 Å². The number of nitrogen functional groups attached to an aromatic ring is 1. The molecule has 0 saturated heterocycles. The van der Waals surface area contributed by atoms with E-state index in [1.807, 2.05) is 0 Å². The summed E-state index contributed by atoms with van der Waals surface area (Å²) in [6.45, 7) is 0.0710. The summed E-state index contributed by atoms with van der Waals surface area (Å²) < 4.78 is 42.4. The minimum atomic E-state index is -4.51. The molecule has 1 aromatic heterocycles. The predicted octanol–water partition coefficient (Wildman–Crippen LogP) is 2.66. The van der Waals surface area contributed by atoms with Crippen LogP contribution in [0.15, 0.2) is 36.5 Å². The van der Waals surface area contributed by atoms with Crippen LogP contribution in [0.1, 0.15) is 11.3 Å². The van der Waals surface area contributed by atoms with Gasteiger partial charge in [-0.05, 0) is 23.8 Å². The van der Waals surface area contributed by atoms with E-state index in [0.717, 1.165) is 17.8 Å². The third-order valence-electron chi connectivity index (χ3n) is 2.27. The zero-order valence-corrected chi connectivity index (χ0v) is 9.69. The molecule has 0 spiro atoms. The van der Waals surface area contributed by atoms with E-state index in [2.05, 4.69) is 9.97 Å². The Morgan fingerprint density at radius 3 is 2.42 bits per heavy atom. The number of rotatable bonds is 3. The highest BCUT2D eigenvalue weighted by atomic mass is 19.4. The summed E-state index contributed by atoms with van der Waals surface area (Å²) in [6.07, 6.45) is -3.50.